The van der Waals surface area contributed by atoms with Crippen molar-refractivity contribution in [3.8, 4) is 5.75 Å². The van der Waals surface area contributed by atoms with Crippen molar-refractivity contribution in [1.29, 1.82) is 0 Å². The Morgan fingerprint density at radius 1 is 1.53 bits per heavy atom. The summed E-state index contributed by atoms with van der Waals surface area (Å²) < 4.78 is 5.32. The number of ether oxygens (including phenoxy) is 1. The quantitative estimate of drug-likeness (QED) is 0.796. The third kappa shape index (κ3) is 1.75. The van der Waals surface area contributed by atoms with E-state index < -0.39 is 0 Å². The van der Waals surface area contributed by atoms with Crippen molar-refractivity contribution in [1.82, 2.24) is 0 Å². The van der Waals surface area contributed by atoms with Gasteiger partial charge in [0, 0.05) is 19.3 Å². The van der Waals surface area contributed by atoms with Gasteiger partial charge in [-0.2, -0.15) is 0 Å². The molecule has 1 aliphatic rings. The lowest BCUT2D eigenvalue weighted by molar-refractivity contribution is -0.120. The van der Waals surface area contributed by atoms with E-state index in [2.05, 4.69) is 5.32 Å². The second kappa shape index (κ2) is 3.81. The number of likely N-dealkylation sites (N-methyl/N-ethyl adjacent to an activating group) is 1. The number of hydrogen-bond donors (Lipinski definition) is 1. The zero-order valence-corrected chi connectivity index (χ0v) is 8.91. The van der Waals surface area contributed by atoms with Gasteiger partial charge in [0.05, 0.1) is 5.69 Å². The average Bonchev–Trinajstić information content (AvgIpc) is 2.25. The molecule has 80 valence electrons. The van der Waals surface area contributed by atoms with E-state index in [0.29, 0.717) is 0 Å². The number of rotatable bonds is 2. The first-order chi connectivity index (χ1) is 7.22. The molecule has 0 unspecified atom stereocenters. The average molecular weight is 206 g/mol. The molecule has 2 rings (SSSR count). The molecular formula is C11H14N2O2. The number of fused-ring (bicyclic) bond motifs is 1. The van der Waals surface area contributed by atoms with Gasteiger partial charge >= 0.3 is 0 Å². The highest BCUT2D eigenvalue weighted by Crippen LogP contribution is 2.33. The van der Waals surface area contributed by atoms with Crippen molar-refractivity contribution >= 4 is 17.3 Å². The third-order valence-electron chi connectivity index (χ3n) is 2.43. The van der Waals surface area contributed by atoms with Crippen LogP contribution in [0.2, 0.25) is 0 Å². The molecule has 0 saturated heterocycles. The minimum atomic E-state index is -0.0175. The molecule has 4 nitrogen and oxygen atoms in total. The molecule has 0 aliphatic carbocycles. The number of nitrogens with zero attached hydrogens (tertiary/aromatic N) is 1. The highest BCUT2D eigenvalue weighted by atomic mass is 16.5. The van der Waals surface area contributed by atoms with Crippen LogP contribution in [0.15, 0.2) is 18.2 Å². The maximum atomic E-state index is 11.4. The Bertz CT molecular complexity index is 390. The van der Waals surface area contributed by atoms with Crippen LogP contribution in [-0.4, -0.2) is 26.1 Å². The van der Waals surface area contributed by atoms with Gasteiger partial charge in [0.1, 0.15) is 5.75 Å². The van der Waals surface area contributed by atoms with Crippen molar-refractivity contribution in [2.45, 2.75) is 6.92 Å². The topological polar surface area (TPSA) is 41.6 Å². The predicted molar refractivity (Wildman–Crippen MR) is 59.5 cm³/mol. The molecule has 0 atom stereocenters. The smallest absolute Gasteiger partial charge is 0.264 e. The zero-order chi connectivity index (χ0) is 10.8. The van der Waals surface area contributed by atoms with Crippen LogP contribution in [0.4, 0.5) is 11.4 Å². The van der Waals surface area contributed by atoms with E-state index in [9.17, 15) is 4.79 Å². The summed E-state index contributed by atoms with van der Waals surface area (Å²) in [5.41, 5.74) is 1.83. The van der Waals surface area contributed by atoms with E-state index in [-0.39, 0.29) is 12.5 Å². The van der Waals surface area contributed by atoms with Crippen LogP contribution in [0.3, 0.4) is 0 Å². The van der Waals surface area contributed by atoms with Crippen molar-refractivity contribution in [3.63, 3.8) is 0 Å². The minimum absolute atomic E-state index is 0.0175. The van der Waals surface area contributed by atoms with Crippen LogP contribution < -0.4 is 15.0 Å². The van der Waals surface area contributed by atoms with Crippen LogP contribution in [0, 0.1) is 0 Å². The highest BCUT2D eigenvalue weighted by molar-refractivity contribution is 5.97. The van der Waals surface area contributed by atoms with Crippen LogP contribution in [0.25, 0.3) is 0 Å². The number of hydrogen-bond acceptors (Lipinski definition) is 3. The molecule has 0 spiro atoms. The summed E-state index contributed by atoms with van der Waals surface area (Å²) in [6.45, 7) is 3.02. The van der Waals surface area contributed by atoms with Crippen LogP contribution in [-0.2, 0) is 4.79 Å². The Morgan fingerprint density at radius 2 is 2.33 bits per heavy atom. The van der Waals surface area contributed by atoms with Gasteiger partial charge < -0.3 is 15.0 Å². The van der Waals surface area contributed by atoms with E-state index in [0.717, 1.165) is 23.7 Å². The van der Waals surface area contributed by atoms with Gasteiger partial charge in [0.2, 0.25) is 0 Å². The summed E-state index contributed by atoms with van der Waals surface area (Å²) in [4.78, 5) is 13.0. The van der Waals surface area contributed by atoms with Crippen molar-refractivity contribution in [2.24, 2.45) is 0 Å². The van der Waals surface area contributed by atoms with Gasteiger partial charge in [-0.15, -0.1) is 0 Å². The molecule has 1 aromatic rings. The normalized spacial score (nSPS) is 14.5. The second-order valence-electron chi connectivity index (χ2n) is 3.45. The number of amides is 1. The van der Waals surface area contributed by atoms with Gasteiger partial charge in [0.15, 0.2) is 6.61 Å². The Balaban J connectivity index is 2.36. The lowest BCUT2D eigenvalue weighted by Crippen LogP contribution is -2.35. The highest BCUT2D eigenvalue weighted by Gasteiger charge is 2.21. The van der Waals surface area contributed by atoms with E-state index in [4.69, 9.17) is 4.74 Å². The summed E-state index contributed by atoms with van der Waals surface area (Å²) in [6, 6.07) is 5.76. The summed E-state index contributed by atoms with van der Waals surface area (Å²) in [5.74, 6) is 0.745. The van der Waals surface area contributed by atoms with Crippen LogP contribution in [0.5, 0.6) is 5.75 Å². The molecule has 0 aromatic heterocycles. The molecular weight excluding hydrogens is 192 g/mol. The van der Waals surface area contributed by atoms with Crippen molar-refractivity contribution in [2.75, 3.05) is 30.4 Å². The lowest BCUT2D eigenvalue weighted by atomic mass is 10.2. The van der Waals surface area contributed by atoms with Gasteiger partial charge in [-0.3, -0.25) is 4.79 Å². The third-order valence-corrected chi connectivity index (χ3v) is 2.43. The largest absolute Gasteiger partial charge is 0.482 e. The summed E-state index contributed by atoms with van der Waals surface area (Å²) >= 11 is 0. The maximum absolute atomic E-state index is 11.4. The molecule has 1 N–H and O–H groups in total. The molecule has 0 radical (unpaired) electrons. The molecule has 15 heavy (non-hydrogen) atoms. The van der Waals surface area contributed by atoms with E-state index in [1.807, 2.05) is 25.1 Å². The van der Waals surface area contributed by atoms with Crippen LogP contribution >= 0.6 is 0 Å². The predicted octanol–water partition coefficient (Wildman–Crippen LogP) is 1.47. The zero-order valence-electron chi connectivity index (χ0n) is 8.91. The fourth-order valence-corrected chi connectivity index (χ4v) is 1.59. The minimum Gasteiger partial charge on any atom is -0.482 e. The van der Waals surface area contributed by atoms with E-state index in [1.54, 1.807) is 11.9 Å². The molecule has 0 saturated carbocycles. The summed E-state index contributed by atoms with van der Waals surface area (Å²) in [6.07, 6.45) is 0. The standard InChI is InChI=1S/C11H14N2O2/c1-3-12-8-4-5-10-9(6-8)13(2)11(14)7-15-10/h4-6,12H,3,7H2,1-2H3. The number of benzene rings is 1. The Morgan fingerprint density at radius 3 is 3.07 bits per heavy atom. The molecule has 1 amide bonds. The fourth-order valence-electron chi connectivity index (χ4n) is 1.59. The lowest BCUT2D eigenvalue weighted by Gasteiger charge is -2.26. The van der Waals surface area contributed by atoms with Crippen molar-refractivity contribution < 1.29 is 9.53 Å². The number of nitrogens with one attached hydrogen (secondary N) is 1. The van der Waals surface area contributed by atoms with E-state index in [1.165, 1.54) is 0 Å². The van der Waals surface area contributed by atoms with Crippen molar-refractivity contribution in [3.05, 3.63) is 18.2 Å². The van der Waals surface area contributed by atoms with Gasteiger partial charge in [-0.1, -0.05) is 0 Å². The number of carbonyl (C=O) groups excluding carboxylic acids is 1. The van der Waals surface area contributed by atoms with Gasteiger partial charge in [-0.25, -0.2) is 0 Å². The van der Waals surface area contributed by atoms with Gasteiger partial charge in [0.25, 0.3) is 5.91 Å². The Hall–Kier alpha value is -1.71. The maximum Gasteiger partial charge on any atom is 0.264 e. The van der Waals surface area contributed by atoms with Crippen LogP contribution in [0.1, 0.15) is 6.92 Å². The van der Waals surface area contributed by atoms with Gasteiger partial charge in [-0.05, 0) is 25.1 Å². The first-order valence-corrected chi connectivity index (χ1v) is 4.99. The molecule has 1 aromatic carbocycles. The first kappa shape index (κ1) is 9.83. The SMILES string of the molecule is CCNc1ccc2c(c1)N(C)C(=O)CO2. The monoisotopic (exact) mass is 206 g/mol. The summed E-state index contributed by atoms with van der Waals surface area (Å²) in [5, 5.41) is 3.20. The number of anilines is 2. The molecule has 0 bridgehead atoms. The molecule has 0 fully saturated rings. The number of carbonyl (C=O) groups is 1. The first-order valence-electron chi connectivity index (χ1n) is 4.99. The van der Waals surface area contributed by atoms with E-state index >= 15 is 0 Å². The second-order valence-corrected chi connectivity index (χ2v) is 3.45. The summed E-state index contributed by atoms with van der Waals surface area (Å²) in [7, 11) is 1.76. The molecule has 1 heterocycles. The molecule has 1 aliphatic heterocycles. The Kier molecular flexibility index (Phi) is 2.49. The molecule has 4 heteroatoms. The fraction of sp³-hybridized carbons (Fsp3) is 0.364. The Labute approximate surface area is 88.8 Å².